The van der Waals surface area contributed by atoms with Crippen LogP contribution in [-0.2, 0) is 11.3 Å². The predicted octanol–water partition coefficient (Wildman–Crippen LogP) is 1.05. The topological polar surface area (TPSA) is 89.8 Å². The zero-order valence-corrected chi connectivity index (χ0v) is 11.6. The van der Waals surface area contributed by atoms with E-state index < -0.39 is 0 Å². The van der Waals surface area contributed by atoms with Gasteiger partial charge >= 0.3 is 0 Å². The zero-order chi connectivity index (χ0) is 15.4. The highest BCUT2D eigenvalue weighted by molar-refractivity contribution is 5.97. The van der Waals surface area contributed by atoms with Crippen molar-refractivity contribution in [1.82, 2.24) is 10.6 Å². The van der Waals surface area contributed by atoms with Crippen molar-refractivity contribution >= 4 is 11.8 Å². The van der Waals surface area contributed by atoms with Gasteiger partial charge in [-0.15, -0.1) is 0 Å². The Morgan fingerprint density at radius 2 is 1.95 bits per heavy atom. The lowest BCUT2D eigenvalue weighted by atomic mass is 10.2. The molecular weight excluding hydrogens is 288 g/mol. The fraction of sp³-hybridized carbons (Fsp3) is 0.200. The van der Waals surface area contributed by atoms with Gasteiger partial charge in [0.15, 0.2) is 11.5 Å². The molecule has 1 aliphatic heterocycles. The second kappa shape index (κ2) is 6.21. The molecule has 0 saturated heterocycles. The van der Waals surface area contributed by atoms with Crippen LogP contribution in [0, 0.1) is 0 Å². The first-order valence-electron chi connectivity index (χ1n) is 6.69. The minimum atomic E-state index is -0.355. The molecule has 7 nitrogen and oxygen atoms in total. The first kappa shape index (κ1) is 14.0. The first-order chi connectivity index (χ1) is 10.7. The number of hydrogen-bond donors (Lipinski definition) is 2. The molecule has 0 unspecified atom stereocenters. The summed E-state index contributed by atoms with van der Waals surface area (Å²) in [5.41, 5.74) is 0.406. The van der Waals surface area contributed by atoms with Crippen LogP contribution in [0.5, 0.6) is 11.5 Å². The molecular formula is C15H14N2O5. The van der Waals surface area contributed by atoms with Crippen LogP contribution in [-0.4, -0.2) is 25.2 Å². The molecule has 3 rings (SSSR count). The standard InChI is InChI=1S/C15H14N2O5/c18-14(16-7-11-2-1-5-20-11)8-17-15(19)10-3-4-12-13(6-10)22-9-21-12/h1-6H,7-9H2,(H,16,18)(H,17,19). The summed E-state index contributed by atoms with van der Waals surface area (Å²) >= 11 is 0. The van der Waals surface area contributed by atoms with Crippen molar-refractivity contribution in [3.8, 4) is 11.5 Å². The van der Waals surface area contributed by atoms with E-state index in [-0.39, 0.29) is 31.7 Å². The summed E-state index contributed by atoms with van der Waals surface area (Å²) in [6.45, 7) is 0.315. The van der Waals surface area contributed by atoms with E-state index in [4.69, 9.17) is 13.9 Å². The maximum atomic E-state index is 12.0. The van der Waals surface area contributed by atoms with Gasteiger partial charge in [0.25, 0.3) is 5.91 Å². The molecule has 0 atom stereocenters. The average Bonchev–Trinajstić information content (AvgIpc) is 3.20. The average molecular weight is 302 g/mol. The third-order valence-electron chi connectivity index (χ3n) is 3.08. The minimum Gasteiger partial charge on any atom is -0.467 e. The molecule has 1 aromatic carbocycles. The highest BCUT2D eigenvalue weighted by Gasteiger charge is 2.16. The Morgan fingerprint density at radius 1 is 1.09 bits per heavy atom. The normalized spacial score (nSPS) is 12.0. The van der Waals surface area contributed by atoms with Crippen LogP contribution >= 0.6 is 0 Å². The van der Waals surface area contributed by atoms with Gasteiger partial charge in [-0.1, -0.05) is 0 Å². The smallest absolute Gasteiger partial charge is 0.251 e. The molecule has 2 heterocycles. The minimum absolute atomic E-state index is 0.117. The number of ether oxygens (including phenoxy) is 2. The monoisotopic (exact) mass is 302 g/mol. The Hall–Kier alpha value is -2.96. The van der Waals surface area contributed by atoms with E-state index in [0.29, 0.717) is 22.8 Å². The van der Waals surface area contributed by atoms with Crippen LogP contribution < -0.4 is 20.1 Å². The van der Waals surface area contributed by atoms with E-state index in [1.54, 1.807) is 30.3 Å². The van der Waals surface area contributed by atoms with Gasteiger partial charge in [-0.2, -0.15) is 0 Å². The summed E-state index contributed by atoms with van der Waals surface area (Å²) in [5.74, 6) is 1.12. The second-order valence-corrected chi connectivity index (χ2v) is 4.61. The largest absolute Gasteiger partial charge is 0.467 e. The summed E-state index contributed by atoms with van der Waals surface area (Å²) in [6, 6.07) is 8.35. The van der Waals surface area contributed by atoms with Crippen molar-refractivity contribution < 1.29 is 23.5 Å². The maximum Gasteiger partial charge on any atom is 0.251 e. The molecule has 0 bridgehead atoms. The Labute approximate surface area is 126 Å². The SMILES string of the molecule is O=C(CNC(=O)c1ccc2c(c1)OCO2)NCc1ccco1. The lowest BCUT2D eigenvalue weighted by Gasteiger charge is -2.06. The molecule has 1 aliphatic rings. The van der Waals surface area contributed by atoms with Gasteiger partial charge in [0, 0.05) is 5.56 Å². The van der Waals surface area contributed by atoms with Crippen LogP contribution in [0.3, 0.4) is 0 Å². The molecule has 0 saturated carbocycles. The molecule has 0 aliphatic carbocycles. The Kier molecular flexibility index (Phi) is 3.95. The van der Waals surface area contributed by atoms with Gasteiger partial charge in [-0.25, -0.2) is 0 Å². The van der Waals surface area contributed by atoms with Crippen molar-refractivity contribution in [1.29, 1.82) is 0 Å². The second-order valence-electron chi connectivity index (χ2n) is 4.61. The molecule has 2 aromatic rings. The molecule has 0 spiro atoms. The van der Waals surface area contributed by atoms with Crippen LogP contribution in [0.2, 0.25) is 0 Å². The number of nitrogens with one attached hydrogen (secondary N) is 2. The van der Waals surface area contributed by atoms with Crippen LogP contribution in [0.15, 0.2) is 41.0 Å². The highest BCUT2D eigenvalue weighted by Crippen LogP contribution is 2.32. The fourth-order valence-corrected chi connectivity index (χ4v) is 1.96. The van der Waals surface area contributed by atoms with Crippen LogP contribution in [0.25, 0.3) is 0 Å². The van der Waals surface area contributed by atoms with Crippen molar-refractivity contribution in [3.63, 3.8) is 0 Å². The van der Waals surface area contributed by atoms with E-state index in [1.807, 2.05) is 0 Å². The van der Waals surface area contributed by atoms with Gasteiger partial charge in [-0.3, -0.25) is 9.59 Å². The number of benzene rings is 1. The van der Waals surface area contributed by atoms with Gasteiger partial charge < -0.3 is 24.5 Å². The number of carbonyl (C=O) groups is 2. The number of hydrogen-bond acceptors (Lipinski definition) is 5. The fourth-order valence-electron chi connectivity index (χ4n) is 1.96. The molecule has 2 N–H and O–H groups in total. The summed E-state index contributed by atoms with van der Waals surface area (Å²) in [6.07, 6.45) is 1.53. The lowest BCUT2D eigenvalue weighted by molar-refractivity contribution is -0.120. The lowest BCUT2D eigenvalue weighted by Crippen LogP contribution is -2.36. The maximum absolute atomic E-state index is 12.0. The molecule has 114 valence electrons. The van der Waals surface area contributed by atoms with Crippen molar-refractivity contribution in [2.75, 3.05) is 13.3 Å². The number of fused-ring (bicyclic) bond motifs is 1. The third kappa shape index (κ3) is 3.20. The summed E-state index contributed by atoms with van der Waals surface area (Å²) in [7, 11) is 0. The predicted molar refractivity (Wildman–Crippen MR) is 75.5 cm³/mol. The Morgan fingerprint density at radius 3 is 2.77 bits per heavy atom. The van der Waals surface area contributed by atoms with E-state index in [1.165, 1.54) is 6.26 Å². The highest BCUT2D eigenvalue weighted by atomic mass is 16.7. The van der Waals surface area contributed by atoms with Crippen LogP contribution in [0.1, 0.15) is 16.1 Å². The molecule has 0 radical (unpaired) electrons. The quantitative estimate of drug-likeness (QED) is 0.862. The van der Waals surface area contributed by atoms with Crippen molar-refractivity contribution in [2.45, 2.75) is 6.54 Å². The van der Waals surface area contributed by atoms with E-state index in [9.17, 15) is 9.59 Å². The first-order valence-corrected chi connectivity index (χ1v) is 6.69. The van der Waals surface area contributed by atoms with Gasteiger partial charge in [0.1, 0.15) is 5.76 Å². The van der Waals surface area contributed by atoms with Gasteiger partial charge in [0.05, 0.1) is 19.4 Å². The van der Waals surface area contributed by atoms with Gasteiger partial charge in [0.2, 0.25) is 12.7 Å². The van der Waals surface area contributed by atoms with E-state index in [2.05, 4.69) is 10.6 Å². The molecule has 22 heavy (non-hydrogen) atoms. The molecule has 0 fully saturated rings. The van der Waals surface area contributed by atoms with E-state index in [0.717, 1.165) is 0 Å². The summed E-state index contributed by atoms with van der Waals surface area (Å²) in [4.78, 5) is 23.6. The molecule has 1 aromatic heterocycles. The Balaban J connectivity index is 1.48. The third-order valence-corrected chi connectivity index (χ3v) is 3.08. The Bertz CT molecular complexity index is 681. The number of amides is 2. The molecule has 2 amide bonds. The number of furan rings is 1. The number of rotatable bonds is 5. The summed E-state index contributed by atoms with van der Waals surface area (Å²) < 4.78 is 15.5. The van der Waals surface area contributed by atoms with E-state index >= 15 is 0 Å². The van der Waals surface area contributed by atoms with Crippen LogP contribution in [0.4, 0.5) is 0 Å². The number of carbonyl (C=O) groups excluding carboxylic acids is 2. The van der Waals surface area contributed by atoms with Crippen molar-refractivity contribution in [3.05, 3.63) is 47.9 Å². The van der Waals surface area contributed by atoms with Crippen molar-refractivity contribution in [2.24, 2.45) is 0 Å². The molecule has 7 heteroatoms. The summed E-state index contributed by atoms with van der Waals surface area (Å²) in [5, 5.41) is 5.18. The zero-order valence-electron chi connectivity index (χ0n) is 11.6. The van der Waals surface area contributed by atoms with Gasteiger partial charge in [-0.05, 0) is 30.3 Å².